The molecule has 0 saturated heterocycles. The van der Waals surface area contributed by atoms with Crippen LogP contribution >= 0.6 is 0 Å². The summed E-state index contributed by atoms with van der Waals surface area (Å²) in [6, 6.07) is 16.5. The van der Waals surface area contributed by atoms with Gasteiger partial charge in [0, 0.05) is 24.7 Å². The standard InChI is InChI=1S/C21H20FN3O/c22-17-9-4-10-18(12-17)26-14-19-24-20(15-6-2-1-3-7-15)21(25-19)16-8-5-11-23-13-16/h1-12,16,20-21H,13-14H2,(H,24,25)/t16?,20-,21+/m1/s1. The number of allylic oxidation sites excluding steroid dienone is 1. The largest absolute Gasteiger partial charge is 0.486 e. The molecule has 4 rings (SSSR count). The molecule has 2 aliphatic rings. The van der Waals surface area contributed by atoms with Crippen molar-refractivity contribution in [2.45, 2.75) is 12.1 Å². The number of dihydropyridines is 1. The van der Waals surface area contributed by atoms with E-state index in [-0.39, 0.29) is 30.4 Å². The molecule has 0 spiro atoms. The summed E-state index contributed by atoms with van der Waals surface area (Å²) in [6.07, 6.45) is 5.99. The molecule has 3 atom stereocenters. The van der Waals surface area contributed by atoms with Crippen molar-refractivity contribution in [3.63, 3.8) is 0 Å². The van der Waals surface area contributed by atoms with Crippen LogP contribution in [-0.4, -0.2) is 31.2 Å². The van der Waals surface area contributed by atoms with E-state index in [1.54, 1.807) is 12.1 Å². The average Bonchev–Trinajstić information content (AvgIpc) is 3.12. The maximum absolute atomic E-state index is 13.3. The number of benzene rings is 2. The zero-order valence-electron chi connectivity index (χ0n) is 14.3. The van der Waals surface area contributed by atoms with Crippen LogP contribution in [0.15, 0.2) is 76.7 Å². The van der Waals surface area contributed by atoms with Crippen molar-refractivity contribution >= 4 is 12.1 Å². The summed E-state index contributed by atoms with van der Waals surface area (Å²) in [5, 5.41) is 3.50. The smallest absolute Gasteiger partial charge is 0.145 e. The van der Waals surface area contributed by atoms with Gasteiger partial charge in [-0.3, -0.25) is 9.98 Å². The summed E-state index contributed by atoms with van der Waals surface area (Å²) in [5.74, 6) is 1.22. The van der Waals surface area contributed by atoms with Gasteiger partial charge in [-0.2, -0.15) is 0 Å². The zero-order valence-corrected chi connectivity index (χ0v) is 14.3. The first kappa shape index (κ1) is 16.5. The van der Waals surface area contributed by atoms with Crippen molar-refractivity contribution in [1.29, 1.82) is 0 Å². The lowest BCUT2D eigenvalue weighted by Crippen LogP contribution is -2.40. The Kier molecular flexibility index (Phi) is 4.78. The lowest BCUT2D eigenvalue weighted by atomic mass is 9.89. The molecule has 0 aromatic heterocycles. The van der Waals surface area contributed by atoms with Crippen molar-refractivity contribution in [2.75, 3.05) is 13.2 Å². The Morgan fingerprint density at radius 2 is 2.00 bits per heavy atom. The van der Waals surface area contributed by atoms with E-state index in [2.05, 4.69) is 28.5 Å². The number of amidine groups is 1. The number of hydrogen-bond donors (Lipinski definition) is 1. The van der Waals surface area contributed by atoms with E-state index >= 15 is 0 Å². The van der Waals surface area contributed by atoms with Gasteiger partial charge in [0.25, 0.3) is 0 Å². The van der Waals surface area contributed by atoms with Crippen LogP contribution in [0.5, 0.6) is 5.75 Å². The molecular formula is C21H20FN3O. The fraction of sp³-hybridized carbons (Fsp3) is 0.238. The predicted molar refractivity (Wildman–Crippen MR) is 101 cm³/mol. The third-order valence-electron chi connectivity index (χ3n) is 4.61. The van der Waals surface area contributed by atoms with Crippen molar-refractivity contribution in [2.24, 2.45) is 15.9 Å². The van der Waals surface area contributed by atoms with Gasteiger partial charge >= 0.3 is 0 Å². The molecule has 1 N–H and O–H groups in total. The van der Waals surface area contributed by atoms with E-state index in [0.29, 0.717) is 5.75 Å². The Morgan fingerprint density at radius 3 is 2.77 bits per heavy atom. The van der Waals surface area contributed by atoms with Crippen LogP contribution < -0.4 is 10.1 Å². The molecule has 0 radical (unpaired) electrons. The van der Waals surface area contributed by atoms with Crippen LogP contribution in [0.4, 0.5) is 4.39 Å². The normalized spacial score (nSPS) is 24.2. The highest BCUT2D eigenvalue weighted by molar-refractivity contribution is 5.86. The monoisotopic (exact) mass is 349 g/mol. The number of nitrogens with zero attached hydrogens (tertiary/aromatic N) is 2. The van der Waals surface area contributed by atoms with Crippen molar-refractivity contribution < 1.29 is 9.13 Å². The average molecular weight is 349 g/mol. The topological polar surface area (TPSA) is 46.0 Å². The van der Waals surface area contributed by atoms with E-state index < -0.39 is 0 Å². The lowest BCUT2D eigenvalue weighted by Gasteiger charge is -2.26. The van der Waals surface area contributed by atoms with Crippen molar-refractivity contribution in [3.8, 4) is 5.75 Å². The van der Waals surface area contributed by atoms with Gasteiger partial charge in [0.15, 0.2) is 0 Å². The predicted octanol–water partition coefficient (Wildman–Crippen LogP) is 3.57. The molecular weight excluding hydrogens is 329 g/mol. The maximum Gasteiger partial charge on any atom is 0.145 e. The first-order valence-corrected chi connectivity index (χ1v) is 8.73. The molecule has 2 heterocycles. The number of ether oxygens (including phenoxy) is 1. The Morgan fingerprint density at radius 1 is 1.12 bits per heavy atom. The molecule has 0 fully saturated rings. The van der Waals surface area contributed by atoms with Crippen LogP contribution in [-0.2, 0) is 0 Å². The molecule has 0 amide bonds. The second kappa shape index (κ2) is 7.52. The van der Waals surface area contributed by atoms with E-state index in [0.717, 1.165) is 17.9 Å². The Bertz CT molecular complexity index is 847. The van der Waals surface area contributed by atoms with Crippen LogP contribution in [0.3, 0.4) is 0 Å². The first-order valence-electron chi connectivity index (χ1n) is 8.73. The SMILES string of the molecule is Fc1cccc(OCC2=N[C@H](c3ccccc3)[C@H](C3C=CC=NC3)N2)c1. The molecule has 0 aliphatic carbocycles. The molecule has 2 aromatic rings. The molecule has 0 saturated carbocycles. The maximum atomic E-state index is 13.3. The van der Waals surface area contributed by atoms with Crippen LogP contribution in [0.1, 0.15) is 11.6 Å². The molecule has 5 heteroatoms. The van der Waals surface area contributed by atoms with Crippen LogP contribution in [0.2, 0.25) is 0 Å². The summed E-state index contributed by atoms with van der Waals surface area (Å²) in [5.41, 5.74) is 1.16. The minimum atomic E-state index is -0.311. The molecule has 4 nitrogen and oxygen atoms in total. The third-order valence-corrected chi connectivity index (χ3v) is 4.61. The minimum absolute atomic E-state index is 0.00487. The lowest BCUT2D eigenvalue weighted by molar-refractivity contribution is 0.367. The minimum Gasteiger partial charge on any atom is -0.486 e. The number of hydrogen-bond acceptors (Lipinski definition) is 4. The summed E-state index contributed by atoms with van der Waals surface area (Å²) in [4.78, 5) is 9.24. The van der Waals surface area contributed by atoms with E-state index in [9.17, 15) is 4.39 Å². The number of halogens is 1. The Balaban J connectivity index is 1.52. The van der Waals surface area contributed by atoms with Gasteiger partial charge in [-0.25, -0.2) is 4.39 Å². The van der Waals surface area contributed by atoms with Gasteiger partial charge in [-0.05, 0) is 23.8 Å². The van der Waals surface area contributed by atoms with Crippen LogP contribution in [0, 0.1) is 11.7 Å². The number of nitrogens with one attached hydrogen (secondary N) is 1. The molecule has 2 aromatic carbocycles. The van der Waals surface area contributed by atoms with Gasteiger partial charge in [-0.15, -0.1) is 0 Å². The number of aliphatic imine (C=N–C) groups is 2. The van der Waals surface area contributed by atoms with E-state index in [4.69, 9.17) is 9.73 Å². The molecule has 2 aliphatic heterocycles. The highest BCUT2D eigenvalue weighted by atomic mass is 19.1. The molecule has 132 valence electrons. The quantitative estimate of drug-likeness (QED) is 0.897. The fourth-order valence-electron chi connectivity index (χ4n) is 3.35. The van der Waals surface area contributed by atoms with Gasteiger partial charge < -0.3 is 10.1 Å². The van der Waals surface area contributed by atoms with Gasteiger partial charge in [0.1, 0.15) is 24.0 Å². The summed E-state index contributed by atoms with van der Waals surface area (Å²) < 4.78 is 19.0. The summed E-state index contributed by atoms with van der Waals surface area (Å²) in [6.45, 7) is 1.02. The van der Waals surface area contributed by atoms with E-state index in [1.165, 1.54) is 12.1 Å². The number of rotatable bonds is 5. The third kappa shape index (κ3) is 3.67. The summed E-state index contributed by atoms with van der Waals surface area (Å²) >= 11 is 0. The molecule has 0 bridgehead atoms. The van der Waals surface area contributed by atoms with E-state index in [1.807, 2.05) is 30.5 Å². The van der Waals surface area contributed by atoms with Gasteiger partial charge in [-0.1, -0.05) is 42.5 Å². The Labute approximate surface area is 152 Å². The van der Waals surface area contributed by atoms with Crippen molar-refractivity contribution in [1.82, 2.24) is 5.32 Å². The zero-order chi connectivity index (χ0) is 17.8. The van der Waals surface area contributed by atoms with Crippen molar-refractivity contribution in [3.05, 3.63) is 78.1 Å². The molecule has 26 heavy (non-hydrogen) atoms. The van der Waals surface area contributed by atoms with Gasteiger partial charge in [0.2, 0.25) is 0 Å². The first-order chi connectivity index (χ1) is 12.8. The van der Waals surface area contributed by atoms with Crippen LogP contribution in [0.25, 0.3) is 0 Å². The van der Waals surface area contributed by atoms with Gasteiger partial charge in [0.05, 0.1) is 12.1 Å². The fourth-order valence-corrected chi connectivity index (χ4v) is 3.35. The highest BCUT2D eigenvalue weighted by Crippen LogP contribution is 2.31. The second-order valence-corrected chi connectivity index (χ2v) is 6.41. The Hall–Kier alpha value is -2.95. The highest BCUT2D eigenvalue weighted by Gasteiger charge is 2.35. The second-order valence-electron chi connectivity index (χ2n) is 6.41. The summed E-state index contributed by atoms with van der Waals surface area (Å²) in [7, 11) is 0. The molecule has 1 unspecified atom stereocenters.